The smallest absolute Gasteiger partial charge is 0.305 e. The van der Waals surface area contributed by atoms with Crippen LogP contribution in [0.1, 0.15) is 78.6 Å². The summed E-state index contributed by atoms with van der Waals surface area (Å²) in [5.74, 6) is 1.51. The minimum absolute atomic E-state index is 0.0484. The summed E-state index contributed by atoms with van der Waals surface area (Å²) in [4.78, 5) is 11.5. The highest BCUT2D eigenvalue weighted by Gasteiger charge is 2.47. The molecular formula is C26H46O5Si. The maximum atomic E-state index is 11.5. The molecule has 5 atom stereocenters. The number of carbonyl (C=O) groups is 1. The van der Waals surface area contributed by atoms with Gasteiger partial charge in [0.1, 0.15) is 0 Å². The monoisotopic (exact) mass is 466 g/mol. The van der Waals surface area contributed by atoms with Gasteiger partial charge in [0, 0.05) is 25.6 Å². The van der Waals surface area contributed by atoms with Crippen LogP contribution >= 0.6 is 0 Å². The highest BCUT2D eigenvalue weighted by Crippen LogP contribution is 2.48. The molecule has 1 saturated carbocycles. The van der Waals surface area contributed by atoms with Crippen LogP contribution < -0.4 is 0 Å². The van der Waals surface area contributed by atoms with Crippen molar-refractivity contribution in [3.63, 3.8) is 0 Å². The van der Waals surface area contributed by atoms with E-state index in [0.717, 1.165) is 51.7 Å². The van der Waals surface area contributed by atoms with Gasteiger partial charge in [0.25, 0.3) is 0 Å². The fourth-order valence-electron chi connectivity index (χ4n) is 5.26. The van der Waals surface area contributed by atoms with Crippen LogP contribution in [0, 0.1) is 17.8 Å². The van der Waals surface area contributed by atoms with Gasteiger partial charge in [-0.05, 0) is 81.3 Å². The molecule has 184 valence electrons. The zero-order valence-electron chi connectivity index (χ0n) is 21.3. The number of allylic oxidation sites excluding steroid dienone is 2. The normalized spacial score (nSPS) is 31.2. The predicted molar refractivity (Wildman–Crippen MR) is 130 cm³/mol. The van der Waals surface area contributed by atoms with E-state index < -0.39 is 8.32 Å². The molecule has 0 N–H and O–H groups in total. The zero-order valence-corrected chi connectivity index (χ0v) is 22.3. The van der Waals surface area contributed by atoms with Gasteiger partial charge >= 0.3 is 5.97 Å². The molecule has 5 nitrogen and oxygen atoms in total. The van der Waals surface area contributed by atoms with Crippen molar-refractivity contribution in [3.05, 3.63) is 11.6 Å². The Morgan fingerprint density at radius 3 is 2.66 bits per heavy atom. The van der Waals surface area contributed by atoms with Gasteiger partial charge in [-0.15, -0.1) is 0 Å². The molecule has 0 aromatic carbocycles. The van der Waals surface area contributed by atoms with Crippen molar-refractivity contribution in [2.24, 2.45) is 17.8 Å². The predicted octanol–water partition coefficient (Wildman–Crippen LogP) is 6.24. The van der Waals surface area contributed by atoms with E-state index in [0.29, 0.717) is 24.2 Å². The Morgan fingerprint density at radius 1 is 1.22 bits per heavy atom. The van der Waals surface area contributed by atoms with Crippen LogP contribution in [0.25, 0.3) is 0 Å². The van der Waals surface area contributed by atoms with Crippen molar-refractivity contribution >= 4 is 14.3 Å². The fourth-order valence-corrected chi connectivity index (χ4v) is 6.30. The Kier molecular flexibility index (Phi) is 9.04. The molecule has 5 unspecified atom stereocenters. The first kappa shape index (κ1) is 25.9. The average Bonchev–Trinajstić information content (AvgIpc) is 3.08. The highest BCUT2D eigenvalue weighted by molar-refractivity contribution is 6.74. The van der Waals surface area contributed by atoms with Gasteiger partial charge in [0.2, 0.25) is 0 Å². The first-order valence-electron chi connectivity index (χ1n) is 12.8. The van der Waals surface area contributed by atoms with E-state index in [9.17, 15) is 4.79 Å². The molecule has 1 saturated heterocycles. The van der Waals surface area contributed by atoms with E-state index >= 15 is 0 Å². The standard InChI is InChI=1S/C26H46O5Si/c1-26(2,3)32(5,6)30-18-22-21-14-13-19(10-9-11-24(27)28-4)16-20(21)17-23(22)31-25-12-7-8-15-29-25/h16,20-23,25H,7-15,17-18H2,1-6H3. The number of hydrogen-bond donors (Lipinski definition) is 0. The maximum Gasteiger partial charge on any atom is 0.305 e. The Bertz CT molecular complexity index is 647. The number of fused-ring (bicyclic) bond motifs is 1. The molecule has 3 rings (SSSR count). The molecule has 32 heavy (non-hydrogen) atoms. The van der Waals surface area contributed by atoms with Crippen molar-refractivity contribution in [2.75, 3.05) is 20.3 Å². The molecule has 0 bridgehead atoms. The molecule has 1 aliphatic heterocycles. The van der Waals surface area contributed by atoms with E-state index in [4.69, 9.17) is 18.6 Å². The summed E-state index contributed by atoms with van der Waals surface area (Å²) in [7, 11) is -0.337. The summed E-state index contributed by atoms with van der Waals surface area (Å²) in [5, 5.41) is 0.215. The van der Waals surface area contributed by atoms with Crippen molar-refractivity contribution in [1.82, 2.24) is 0 Å². The number of rotatable bonds is 9. The lowest BCUT2D eigenvalue weighted by molar-refractivity contribution is -0.197. The molecule has 6 heteroatoms. The quantitative estimate of drug-likeness (QED) is 0.229. The highest BCUT2D eigenvalue weighted by atomic mass is 28.4. The van der Waals surface area contributed by atoms with E-state index in [2.05, 4.69) is 39.9 Å². The van der Waals surface area contributed by atoms with Crippen LogP contribution in [0.3, 0.4) is 0 Å². The second-order valence-corrected chi connectivity index (χ2v) is 16.4. The molecule has 0 spiro atoms. The SMILES string of the molecule is COC(=O)CCCC1=CC2CC(OC3CCCCO3)C(CO[Si](C)(C)C(C)(C)C)C2CC1. The van der Waals surface area contributed by atoms with Crippen molar-refractivity contribution < 1.29 is 23.4 Å². The lowest BCUT2D eigenvalue weighted by Crippen LogP contribution is -2.44. The van der Waals surface area contributed by atoms with Crippen LogP contribution in [0.4, 0.5) is 0 Å². The van der Waals surface area contributed by atoms with Gasteiger partial charge in [-0.25, -0.2) is 0 Å². The third-order valence-electron chi connectivity index (χ3n) is 8.34. The van der Waals surface area contributed by atoms with E-state index in [1.54, 1.807) is 0 Å². The van der Waals surface area contributed by atoms with Crippen LogP contribution in [0.5, 0.6) is 0 Å². The van der Waals surface area contributed by atoms with Crippen LogP contribution in [0.15, 0.2) is 11.6 Å². The zero-order chi connectivity index (χ0) is 23.4. The number of hydrogen-bond acceptors (Lipinski definition) is 5. The van der Waals surface area contributed by atoms with Gasteiger partial charge in [-0.3, -0.25) is 4.79 Å². The van der Waals surface area contributed by atoms with Crippen molar-refractivity contribution in [3.8, 4) is 0 Å². The summed E-state index contributed by atoms with van der Waals surface area (Å²) >= 11 is 0. The van der Waals surface area contributed by atoms with Gasteiger partial charge in [0.15, 0.2) is 14.6 Å². The summed E-state index contributed by atoms with van der Waals surface area (Å²) in [5.41, 5.74) is 1.51. The summed E-state index contributed by atoms with van der Waals surface area (Å²) in [6, 6.07) is 0. The van der Waals surface area contributed by atoms with E-state index in [1.807, 2.05) is 0 Å². The molecular weight excluding hydrogens is 420 g/mol. The largest absolute Gasteiger partial charge is 0.469 e. The summed E-state index contributed by atoms with van der Waals surface area (Å²) in [6.07, 6.45) is 11.8. The molecule has 2 aliphatic carbocycles. The van der Waals surface area contributed by atoms with Crippen molar-refractivity contribution in [2.45, 2.75) is 109 Å². The minimum atomic E-state index is -1.80. The Balaban J connectivity index is 1.66. The van der Waals surface area contributed by atoms with Crippen LogP contribution in [0.2, 0.25) is 18.1 Å². The minimum Gasteiger partial charge on any atom is -0.469 e. The van der Waals surface area contributed by atoms with Gasteiger partial charge < -0.3 is 18.6 Å². The first-order valence-corrected chi connectivity index (χ1v) is 15.7. The summed E-state index contributed by atoms with van der Waals surface area (Å²) in [6.45, 7) is 13.2. The number of carbonyl (C=O) groups excluding carboxylic acids is 1. The molecule has 0 amide bonds. The molecule has 0 aromatic heterocycles. The first-order chi connectivity index (χ1) is 15.1. The van der Waals surface area contributed by atoms with Crippen molar-refractivity contribution in [1.29, 1.82) is 0 Å². The van der Waals surface area contributed by atoms with Crippen LogP contribution in [-0.4, -0.2) is 47.0 Å². The Labute approximate surface area is 196 Å². The second kappa shape index (κ2) is 11.2. The molecule has 0 aromatic rings. The second-order valence-electron chi connectivity index (χ2n) is 11.6. The third kappa shape index (κ3) is 6.68. The maximum absolute atomic E-state index is 11.5. The number of esters is 1. The number of methoxy groups -OCH3 is 1. The van der Waals surface area contributed by atoms with Gasteiger partial charge in [0.05, 0.1) is 13.2 Å². The van der Waals surface area contributed by atoms with Crippen LogP contribution in [-0.2, 0) is 23.4 Å². The Morgan fingerprint density at radius 2 is 2.00 bits per heavy atom. The van der Waals surface area contributed by atoms with Gasteiger partial charge in [-0.2, -0.15) is 0 Å². The molecule has 0 radical (unpaired) electrons. The molecule has 2 fully saturated rings. The fraction of sp³-hybridized carbons (Fsp3) is 0.885. The number of ether oxygens (including phenoxy) is 3. The third-order valence-corrected chi connectivity index (χ3v) is 12.8. The lowest BCUT2D eigenvalue weighted by Gasteiger charge is -2.39. The average molecular weight is 467 g/mol. The van der Waals surface area contributed by atoms with E-state index in [1.165, 1.54) is 25.5 Å². The molecule has 1 heterocycles. The lowest BCUT2D eigenvalue weighted by atomic mass is 9.78. The summed E-state index contributed by atoms with van der Waals surface area (Å²) < 4.78 is 24.0. The molecule has 3 aliphatic rings. The topological polar surface area (TPSA) is 54.0 Å². The Hall–Kier alpha value is -0.693. The van der Waals surface area contributed by atoms with Gasteiger partial charge in [-0.1, -0.05) is 32.4 Å². The van der Waals surface area contributed by atoms with E-state index in [-0.39, 0.29) is 23.4 Å².